The van der Waals surface area contributed by atoms with Crippen molar-refractivity contribution in [2.24, 2.45) is 28.9 Å². The fourth-order valence-electron chi connectivity index (χ4n) is 4.77. The highest BCUT2D eigenvalue weighted by Crippen LogP contribution is 2.65. The summed E-state index contributed by atoms with van der Waals surface area (Å²) < 4.78 is 12.5. The van der Waals surface area contributed by atoms with Crippen LogP contribution in [0.1, 0.15) is 46.5 Å². The molecule has 5 atom stereocenters. The van der Waals surface area contributed by atoms with Crippen LogP contribution in [0.2, 0.25) is 0 Å². The van der Waals surface area contributed by atoms with Gasteiger partial charge in [-0.05, 0) is 55.8 Å². The molecule has 5 fully saturated rings. The van der Waals surface area contributed by atoms with Crippen molar-refractivity contribution in [2.75, 3.05) is 0 Å². The Morgan fingerprint density at radius 3 is 2.47 bits per heavy atom. The predicted molar refractivity (Wildman–Crippen MR) is 78.1 cm³/mol. The lowest BCUT2D eigenvalue weighted by Gasteiger charge is -2.64. The molecule has 5 aliphatic rings. The van der Waals surface area contributed by atoms with Crippen LogP contribution >= 0.6 is 12.4 Å². The molecule has 5 heteroatoms. The van der Waals surface area contributed by atoms with E-state index in [1.807, 2.05) is 0 Å². The van der Waals surface area contributed by atoms with Gasteiger partial charge in [0.1, 0.15) is 0 Å². The SMILES string of the molecule is CC1(C)[C@@H]2C[C@@H]3OB([C@@H](N)C4CC4)O[C@@]3(C)[C@H]1C2.Cl. The maximum absolute atomic E-state index is 6.35. The van der Waals surface area contributed by atoms with E-state index >= 15 is 0 Å². The van der Waals surface area contributed by atoms with E-state index in [0.717, 1.165) is 12.3 Å². The van der Waals surface area contributed by atoms with Gasteiger partial charge in [0, 0.05) is 5.94 Å². The average Bonchev–Trinajstić information content (AvgIpc) is 3.08. The summed E-state index contributed by atoms with van der Waals surface area (Å²) in [7, 11) is -0.150. The number of hydrogen-bond acceptors (Lipinski definition) is 3. The van der Waals surface area contributed by atoms with Crippen LogP contribution in [0.5, 0.6) is 0 Å². The lowest BCUT2D eigenvalue weighted by atomic mass is 9.43. The van der Waals surface area contributed by atoms with E-state index in [1.54, 1.807) is 0 Å². The number of rotatable bonds is 2. The van der Waals surface area contributed by atoms with Crippen LogP contribution in [-0.4, -0.2) is 24.8 Å². The Bertz CT molecular complexity index is 390. The molecule has 1 aliphatic heterocycles. The maximum atomic E-state index is 6.35. The maximum Gasteiger partial charge on any atom is 0.475 e. The van der Waals surface area contributed by atoms with Crippen molar-refractivity contribution in [3.63, 3.8) is 0 Å². The van der Waals surface area contributed by atoms with Crippen LogP contribution in [0.15, 0.2) is 0 Å². The molecule has 4 saturated carbocycles. The molecule has 0 aromatic carbocycles. The minimum atomic E-state index is -0.150. The molecule has 0 amide bonds. The van der Waals surface area contributed by atoms with E-state index < -0.39 is 0 Å². The molecular formula is C14H25BClNO2. The van der Waals surface area contributed by atoms with Gasteiger partial charge in [-0.15, -0.1) is 12.4 Å². The molecule has 108 valence electrons. The van der Waals surface area contributed by atoms with Crippen LogP contribution in [0, 0.1) is 23.2 Å². The minimum Gasteiger partial charge on any atom is -0.404 e. The Hall–Kier alpha value is 0.235. The van der Waals surface area contributed by atoms with Gasteiger partial charge in [-0.2, -0.15) is 0 Å². The number of halogens is 1. The van der Waals surface area contributed by atoms with E-state index in [4.69, 9.17) is 15.0 Å². The second kappa shape index (κ2) is 4.13. The third-order valence-electron chi connectivity index (χ3n) is 6.45. The fourth-order valence-corrected chi connectivity index (χ4v) is 4.77. The first-order valence-electron chi connectivity index (χ1n) is 7.52. The van der Waals surface area contributed by atoms with E-state index in [1.165, 1.54) is 19.3 Å². The first kappa shape index (κ1) is 14.2. The first-order chi connectivity index (χ1) is 8.43. The molecule has 1 heterocycles. The van der Waals surface area contributed by atoms with Gasteiger partial charge in [-0.1, -0.05) is 13.8 Å². The molecule has 4 aliphatic carbocycles. The highest BCUT2D eigenvalue weighted by atomic mass is 35.5. The molecule has 2 bridgehead atoms. The zero-order valence-corrected chi connectivity index (χ0v) is 12.9. The van der Waals surface area contributed by atoms with Gasteiger partial charge in [-0.3, -0.25) is 0 Å². The Morgan fingerprint density at radius 1 is 1.21 bits per heavy atom. The van der Waals surface area contributed by atoms with Crippen LogP contribution in [0.3, 0.4) is 0 Å². The van der Waals surface area contributed by atoms with Gasteiger partial charge < -0.3 is 15.0 Å². The van der Waals surface area contributed by atoms with Gasteiger partial charge in [0.25, 0.3) is 0 Å². The molecule has 1 saturated heterocycles. The van der Waals surface area contributed by atoms with Crippen molar-refractivity contribution in [1.29, 1.82) is 0 Å². The van der Waals surface area contributed by atoms with E-state index in [2.05, 4.69) is 20.8 Å². The number of hydrogen-bond donors (Lipinski definition) is 1. The van der Waals surface area contributed by atoms with Crippen molar-refractivity contribution < 1.29 is 9.31 Å². The second-order valence-corrected chi connectivity index (χ2v) is 7.75. The van der Waals surface area contributed by atoms with E-state index in [0.29, 0.717) is 17.3 Å². The Balaban J connectivity index is 0.00000110. The second-order valence-electron chi connectivity index (χ2n) is 7.75. The summed E-state index contributed by atoms with van der Waals surface area (Å²) in [6.07, 6.45) is 5.26. The van der Waals surface area contributed by atoms with Gasteiger partial charge in [0.05, 0.1) is 11.7 Å². The van der Waals surface area contributed by atoms with Crippen molar-refractivity contribution >= 4 is 19.5 Å². The highest BCUT2D eigenvalue weighted by Gasteiger charge is 2.68. The summed E-state index contributed by atoms with van der Waals surface area (Å²) in [5, 5.41) is 0. The standard InChI is InChI=1S/C14H24BNO2.ClH/c1-13(2)9-6-10(13)14(3)11(7-9)17-15(18-14)12(16)8-4-5-8;/h8-12H,4-7,16H2,1-3H3;1H/t9-,10-,11-,12-,14-;/m0./s1. The van der Waals surface area contributed by atoms with Gasteiger partial charge in [0.15, 0.2) is 0 Å². The van der Waals surface area contributed by atoms with Crippen LogP contribution < -0.4 is 5.73 Å². The summed E-state index contributed by atoms with van der Waals surface area (Å²) in [6.45, 7) is 7.05. The lowest BCUT2D eigenvalue weighted by Crippen LogP contribution is -2.65. The highest BCUT2D eigenvalue weighted by molar-refractivity contribution is 6.47. The summed E-state index contributed by atoms with van der Waals surface area (Å²) in [5.74, 6) is 2.19. The Labute approximate surface area is 122 Å². The Kier molecular flexibility index (Phi) is 3.08. The molecule has 19 heavy (non-hydrogen) atoms. The van der Waals surface area contributed by atoms with Crippen LogP contribution in [-0.2, 0) is 9.31 Å². The van der Waals surface area contributed by atoms with Gasteiger partial charge in [0.2, 0.25) is 0 Å². The average molecular weight is 286 g/mol. The largest absolute Gasteiger partial charge is 0.475 e. The van der Waals surface area contributed by atoms with Crippen molar-refractivity contribution in [2.45, 2.75) is 64.1 Å². The normalized spacial score (nSPS) is 48.0. The summed E-state index contributed by atoms with van der Waals surface area (Å²) >= 11 is 0. The summed E-state index contributed by atoms with van der Waals surface area (Å²) in [5.41, 5.74) is 6.61. The summed E-state index contributed by atoms with van der Waals surface area (Å²) in [4.78, 5) is 0. The molecule has 0 radical (unpaired) electrons. The van der Waals surface area contributed by atoms with E-state index in [-0.39, 0.29) is 37.2 Å². The number of nitrogens with two attached hydrogens (primary N) is 1. The zero-order chi connectivity index (χ0) is 12.7. The third-order valence-corrected chi connectivity index (χ3v) is 6.45. The summed E-state index contributed by atoms with van der Waals surface area (Å²) in [6, 6.07) is 0. The molecule has 5 rings (SSSR count). The smallest absolute Gasteiger partial charge is 0.404 e. The monoisotopic (exact) mass is 285 g/mol. The minimum absolute atomic E-state index is 0. The first-order valence-corrected chi connectivity index (χ1v) is 7.52. The topological polar surface area (TPSA) is 44.5 Å². The zero-order valence-electron chi connectivity index (χ0n) is 12.1. The van der Waals surface area contributed by atoms with E-state index in [9.17, 15) is 0 Å². The van der Waals surface area contributed by atoms with Crippen molar-refractivity contribution in [3.05, 3.63) is 0 Å². The van der Waals surface area contributed by atoms with Crippen LogP contribution in [0.4, 0.5) is 0 Å². The molecule has 0 unspecified atom stereocenters. The fraction of sp³-hybridized carbons (Fsp3) is 1.00. The Morgan fingerprint density at radius 2 is 1.89 bits per heavy atom. The van der Waals surface area contributed by atoms with Gasteiger partial charge in [-0.25, -0.2) is 0 Å². The molecule has 0 spiro atoms. The molecule has 0 aromatic rings. The molecular weight excluding hydrogens is 260 g/mol. The van der Waals surface area contributed by atoms with Crippen molar-refractivity contribution in [1.82, 2.24) is 0 Å². The molecule has 3 nitrogen and oxygen atoms in total. The molecule has 2 N–H and O–H groups in total. The van der Waals surface area contributed by atoms with Gasteiger partial charge >= 0.3 is 7.12 Å². The quantitative estimate of drug-likeness (QED) is 0.793. The third kappa shape index (κ3) is 1.76. The molecule has 0 aromatic heterocycles. The van der Waals surface area contributed by atoms with Crippen LogP contribution in [0.25, 0.3) is 0 Å². The van der Waals surface area contributed by atoms with Crippen molar-refractivity contribution in [3.8, 4) is 0 Å². The predicted octanol–water partition coefficient (Wildman–Crippen LogP) is 2.41. The lowest BCUT2D eigenvalue weighted by molar-refractivity contribution is -0.199.